The van der Waals surface area contributed by atoms with E-state index in [1.165, 1.54) is 12.2 Å². The van der Waals surface area contributed by atoms with Crippen molar-refractivity contribution in [1.82, 2.24) is 0 Å². The first-order valence-electron chi connectivity index (χ1n) is 6.23. The van der Waals surface area contributed by atoms with Crippen LogP contribution in [0.25, 0.3) is 0 Å². The van der Waals surface area contributed by atoms with E-state index in [1.807, 2.05) is 0 Å². The van der Waals surface area contributed by atoms with E-state index in [4.69, 9.17) is 10.00 Å². The molecule has 23 heavy (non-hydrogen) atoms. The normalized spacial score (nSPS) is 12.0. The zero-order valence-corrected chi connectivity index (χ0v) is 11.9. The fraction of sp³-hybridized carbons (Fsp3) is 0.143. The summed E-state index contributed by atoms with van der Waals surface area (Å²) in [6, 6.07) is 4.12. The summed E-state index contributed by atoms with van der Waals surface area (Å²) >= 11 is 0. The number of carbonyl (C=O) groups excluding carboxylic acids is 1. The lowest BCUT2D eigenvalue weighted by atomic mass is 10.1. The van der Waals surface area contributed by atoms with E-state index in [2.05, 4.69) is 0 Å². The molecular weight excluding hydrogens is 306 g/mol. The molecule has 0 spiro atoms. The third-order valence-corrected chi connectivity index (χ3v) is 2.51. The molecule has 0 aliphatic rings. The van der Waals surface area contributed by atoms with Crippen LogP contribution < -0.4 is 0 Å². The highest BCUT2D eigenvalue weighted by atomic mass is 16.6. The minimum atomic E-state index is -1.22. The molecule has 1 atom stereocenters. The molecule has 118 valence electrons. The fourth-order valence-electron chi connectivity index (χ4n) is 1.49. The number of carbonyl (C=O) groups is 1. The Bertz CT molecular complexity index is 700. The Kier molecular flexibility index (Phi) is 6.12. The fourth-order valence-corrected chi connectivity index (χ4v) is 1.49. The van der Waals surface area contributed by atoms with E-state index < -0.39 is 33.3 Å². The van der Waals surface area contributed by atoms with Crippen molar-refractivity contribution in [3.8, 4) is 6.07 Å². The molecule has 0 amide bonds. The molecule has 9 heteroatoms. The second kappa shape index (κ2) is 8.04. The molecule has 1 aromatic rings. The van der Waals surface area contributed by atoms with Gasteiger partial charge in [-0.3, -0.25) is 20.2 Å². The number of rotatable bonds is 6. The largest absolute Gasteiger partial charge is 0.439 e. The minimum absolute atomic E-state index is 0.384. The number of hydrogen-bond acceptors (Lipinski definition) is 7. The van der Waals surface area contributed by atoms with E-state index in [1.54, 1.807) is 25.1 Å². The molecule has 0 unspecified atom stereocenters. The van der Waals surface area contributed by atoms with Crippen molar-refractivity contribution >= 4 is 17.3 Å². The molecule has 9 nitrogen and oxygen atoms in total. The number of hydrogen-bond donors (Lipinski definition) is 0. The van der Waals surface area contributed by atoms with Crippen molar-refractivity contribution < 1.29 is 19.4 Å². The summed E-state index contributed by atoms with van der Waals surface area (Å²) in [6.45, 7) is 1.75. The molecule has 0 aliphatic heterocycles. The second-order valence-corrected chi connectivity index (χ2v) is 4.12. The Morgan fingerprint density at radius 2 is 1.78 bits per heavy atom. The minimum Gasteiger partial charge on any atom is -0.439 e. The molecule has 0 saturated heterocycles. The Morgan fingerprint density at radius 3 is 2.22 bits per heavy atom. The van der Waals surface area contributed by atoms with Crippen LogP contribution in [-0.4, -0.2) is 21.9 Å². The predicted octanol–water partition coefficient (Wildman–Crippen LogP) is 2.68. The van der Waals surface area contributed by atoms with Crippen LogP contribution in [0, 0.1) is 31.6 Å². The Labute approximate surface area is 130 Å². The lowest BCUT2D eigenvalue weighted by Gasteiger charge is -2.06. The van der Waals surface area contributed by atoms with Gasteiger partial charge in [-0.15, -0.1) is 0 Å². The number of allylic oxidation sites excluding steroid dienone is 3. The van der Waals surface area contributed by atoms with Gasteiger partial charge in [-0.2, -0.15) is 5.26 Å². The van der Waals surface area contributed by atoms with Crippen LogP contribution in [0.15, 0.2) is 42.5 Å². The van der Waals surface area contributed by atoms with Gasteiger partial charge in [0.25, 0.3) is 11.4 Å². The van der Waals surface area contributed by atoms with Gasteiger partial charge in [0.15, 0.2) is 0 Å². The number of non-ortho nitro benzene ring substituents is 2. The van der Waals surface area contributed by atoms with Gasteiger partial charge >= 0.3 is 5.97 Å². The molecule has 0 aromatic heterocycles. The predicted molar refractivity (Wildman–Crippen MR) is 78.5 cm³/mol. The molecule has 0 heterocycles. The number of esters is 1. The Hall–Kier alpha value is -3.54. The molecule has 0 radical (unpaired) electrons. The van der Waals surface area contributed by atoms with Crippen LogP contribution in [-0.2, 0) is 4.74 Å². The zero-order valence-electron chi connectivity index (χ0n) is 11.9. The molecule has 0 saturated carbocycles. The maximum Gasteiger partial charge on any atom is 0.340 e. The van der Waals surface area contributed by atoms with E-state index in [0.29, 0.717) is 0 Å². The van der Waals surface area contributed by atoms with E-state index in [-0.39, 0.29) is 5.56 Å². The summed E-state index contributed by atoms with van der Waals surface area (Å²) in [5.41, 5.74) is -1.63. The Balaban J connectivity index is 3.09. The SMILES string of the molecule is C/C=C/C=C/[C@@H](C#N)OC(=O)c1cc([N+](=O)[O-])cc([N+](=O)[O-])c1. The third-order valence-electron chi connectivity index (χ3n) is 2.51. The molecular formula is C14H11N3O6. The van der Waals surface area contributed by atoms with Crippen LogP contribution in [0.4, 0.5) is 11.4 Å². The molecule has 0 aliphatic carbocycles. The highest BCUT2D eigenvalue weighted by molar-refractivity contribution is 5.91. The van der Waals surface area contributed by atoms with Crippen molar-refractivity contribution in [3.63, 3.8) is 0 Å². The Morgan fingerprint density at radius 1 is 1.22 bits per heavy atom. The number of nitro benzene ring substituents is 2. The molecule has 0 fully saturated rings. The van der Waals surface area contributed by atoms with E-state index >= 15 is 0 Å². The zero-order chi connectivity index (χ0) is 17.4. The van der Waals surface area contributed by atoms with Gasteiger partial charge in [0.05, 0.1) is 21.5 Å². The van der Waals surface area contributed by atoms with Gasteiger partial charge in [-0.1, -0.05) is 18.2 Å². The standard InChI is InChI=1S/C14H11N3O6/c1-2-3-4-5-13(9-15)23-14(18)10-6-11(16(19)20)8-12(7-10)17(21)22/h2-8,13H,1H3/b3-2+,5-4+/t13-/m0/s1. The lowest BCUT2D eigenvalue weighted by molar-refractivity contribution is -0.394. The van der Waals surface area contributed by atoms with Crippen LogP contribution in [0.3, 0.4) is 0 Å². The van der Waals surface area contributed by atoms with Crippen LogP contribution >= 0.6 is 0 Å². The van der Waals surface area contributed by atoms with Crippen molar-refractivity contribution in [3.05, 3.63) is 68.3 Å². The second-order valence-electron chi connectivity index (χ2n) is 4.12. The van der Waals surface area contributed by atoms with E-state index in [0.717, 1.165) is 18.2 Å². The van der Waals surface area contributed by atoms with Crippen molar-refractivity contribution in [2.45, 2.75) is 13.0 Å². The average molecular weight is 317 g/mol. The topological polar surface area (TPSA) is 136 Å². The molecule has 1 aromatic carbocycles. The van der Waals surface area contributed by atoms with Gasteiger partial charge in [-0.25, -0.2) is 4.79 Å². The molecule has 0 bridgehead atoms. The average Bonchev–Trinajstić information content (AvgIpc) is 2.53. The summed E-state index contributed by atoms with van der Waals surface area (Å²) in [5, 5.41) is 30.4. The third kappa shape index (κ3) is 5.05. The van der Waals surface area contributed by atoms with Crippen LogP contribution in [0.2, 0.25) is 0 Å². The number of nitrogens with zero attached hydrogens (tertiary/aromatic N) is 3. The van der Waals surface area contributed by atoms with Crippen molar-refractivity contribution in [2.24, 2.45) is 0 Å². The monoisotopic (exact) mass is 317 g/mol. The summed E-state index contributed by atoms with van der Waals surface area (Å²) < 4.78 is 4.84. The van der Waals surface area contributed by atoms with Gasteiger partial charge in [-0.05, 0) is 13.0 Å². The van der Waals surface area contributed by atoms with Crippen LogP contribution in [0.5, 0.6) is 0 Å². The number of ether oxygens (including phenoxy) is 1. The maximum atomic E-state index is 11.9. The number of nitro groups is 2. The summed E-state index contributed by atoms with van der Waals surface area (Å²) in [7, 11) is 0. The lowest BCUT2D eigenvalue weighted by Crippen LogP contribution is -2.14. The molecule has 0 N–H and O–H groups in total. The number of benzene rings is 1. The van der Waals surface area contributed by atoms with Gasteiger partial charge in [0.1, 0.15) is 6.07 Å². The van der Waals surface area contributed by atoms with Crippen molar-refractivity contribution in [2.75, 3.05) is 0 Å². The van der Waals surface area contributed by atoms with Gasteiger partial charge in [0, 0.05) is 12.1 Å². The van der Waals surface area contributed by atoms with Gasteiger partial charge in [0.2, 0.25) is 6.10 Å². The quantitative estimate of drug-likeness (QED) is 0.340. The summed E-state index contributed by atoms with van der Waals surface area (Å²) in [4.78, 5) is 31.7. The summed E-state index contributed by atoms with van der Waals surface area (Å²) in [5.74, 6) is -1.08. The summed E-state index contributed by atoms with van der Waals surface area (Å²) in [6.07, 6.45) is 4.85. The van der Waals surface area contributed by atoms with Gasteiger partial charge < -0.3 is 4.74 Å². The number of nitriles is 1. The first-order chi connectivity index (χ1) is 10.9. The first-order valence-corrected chi connectivity index (χ1v) is 6.23. The van der Waals surface area contributed by atoms with Crippen molar-refractivity contribution in [1.29, 1.82) is 5.26 Å². The first kappa shape index (κ1) is 17.5. The van der Waals surface area contributed by atoms with Crippen LogP contribution in [0.1, 0.15) is 17.3 Å². The molecule has 1 rings (SSSR count). The maximum absolute atomic E-state index is 11.9. The highest BCUT2D eigenvalue weighted by Crippen LogP contribution is 2.23. The highest BCUT2D eigenvalue weighted by Gasteiger charge is 2.22. The van der Waals surface area contributed by atoms with E-state index in [9.17, 15) is 25.0 Å². The smallest absolute Gasteiger partial charge is 0.340 e.